The van der Waals surface area contributed by atoms with Gasteiger partial charge >= 0.3 is 0 Å². The van der Waals surface area contributed by atoms with Crippen molar-refractivity contribution in [1.29, 1.82) is 0 Å². The van der Waals surface area contributed by atoms with E-state index >= 15 is 0 Å². The summed E-state index contributed by atoms with van der Waals surface area (Å²) in [4.78, 5) is 0. The van der Waals surface area contributed by atoms with Crippen LogP contribution in [-0.2, 0) is 5.11 Å². The largest absolute Gasteiger partial charge is 0.299 e. The fourth-order valence-electron chi connectivity index (χ4n) is 0.966. The average molecular weight is 171 g/mol. The number of allylic oxidation sites excluding steroid dienone is 4. The minimum atomic E-state index is 0.745. The Morgan fingerprint density at radius 1 is 1.15 bits per heavy atom. The van der Waals surface area contributed by atoms with Gasteiger partial charge in [-0.3, -0.25) is 5.11 Å². The second-order valence-electron chi connectivity index (χ2n) is 2.58. The van der Waals surface area contributed by atoms with E-state index in [9.17, 15) is 5.11 Å². The topological polar surface area (TPSA) is 19.9 Å². The van der Waals surface area contributed by atoms with E-state index in [1.807, 2.05) is 36.4 Å². The lowest BCUT2D eigenvalue weighted by Gasteiger charge is -1.97. The van der Waals surface area contributed by atoms with Crippen molar-refractivity contribution in [2.75, 3.05) is 0 Å². The van der Waals surface area contributed by atoms with E-state index in [-0.39, 0.29) is 0 Å². The Morgan fingerprint density at radius 3 is 2.46 bits per heavy atom. The van der Waals surface area contributed by atoms with Crippen LogP contribution in [0.25, 0.3) is 5.57 Å². The minimum Gasteiger partial charge on any atom is -0.299 e. The maximum absolute atomic E-state index is 9.99. The van der Waals surface area contributed by atoms with E-state index in [1.165, 1.54) is 6.08 Å². The van der Waals surface area contributed by atoms with Crippen LogP contribution in [0.3, 0.4) is 0 Å². The Kier molecular flexibility index (Phi) is 3.58. The van der Waals surface area contributed by atoms with Crippen molar-refractivity contribution < 1.29 is 5.11 Å². The zero-order valence-electron chi connectivity index (χ0n) is 7.31. The van der Waals surface area contributed by atoms with Gasteiger partial charge in [0.15, 0.2) is 0 Å². The summed E-state index contributed by atoms with van der Waals surface area (Å²) in [5.41, 5.74) is 1.97. The van der Waals surface area contributed by atoms with Gasteiger partial charge in [0.25, 0.3) is 0 Å². The molecule has 0 saturated carbocycles. The van der Waals surface area contributed by atoms with Gasteiger partial charge in [0.2, 0.25) is 0 Å². The summed E-state index contributed by atoms with van der Waals surface area (Å²) in [6.45, 7) is 3.87. The fraction of sp³-hybridized carbons (Fsp3) is 0. The summed E-state index contributed by atoms with van der Waals surface area (Å²) in [5.74, 6) is 0. The molecule has 0 aliphatic carbocycles. The van der Waals surface area contributed by atoms with E-state index in [0.717, 1.165) is 17.4 Å². The Balaban J connectivity index is 2.70. The summed E-state index contributed by atoms with van der Waals surface area (Å²) < 4.78 is 0. The smallest absolute Gasteiger partial charge is 0.142 e. The molecule has 0 amide bonds. The molecule has 1 nitrogen and oxygen atoms in total. The third kappa shape index (κ3) is 2.99. The van der Waals surface area contributed by atoms with Crippen molar-refractivity contribution in [1.82, 2.24) is 0 Å². The second kappa shape index (κ2) is 4.99. The molecule has 0 aliphatic heterocycles. The van der Waals surface area contributed by atoms with Crippen molar-refractivity contribution in [2.45, 2.75) is 0 Å². The molecule has 1 aromatic rings. The Bertz CT molecular complexity index is 320. The van der Waals surface area contributed by atoms with Crippen LogP contribution in [0.15, 0.2) is 61.4 Å². The van der Waals surface area contributed by atoms with Gasteiger partial charge in [0, 0.05) is 0 Å². The zero-order valence-corrected chi connectivity index (χ0v) is 7.31. The van der Waals surface area contributed by atoms with Gasteiger partial charge in [0.1, 0.15) is 6.26 Å². The number of hydrogen-bond donors (Lipinski definition) is 0. The highest BCUT2D eigenvalue weighted by atomic mass is 16.2. The van der Waals surface area contributed by atoms with Gasteiger partial charge in [-0.15, -0.1) is 0 Å². The van der Waals surface area contributed by atoms with Crippen molar-refractivity contribution in [3.63, 3.8) is 0 Å². The van der Waals surface area contributed by atoms with Gasteiger partial charge in [-0.1, -0.05) is 49.1 Å². The lowest BCUT2D eigenvalue weighted by molar-refractivity contribution is 0.352. The molecule has 0 fully saturated rings. The summed E-state index contributed by atoms with van der Waals surface area (Å²) in [6.07, 6.45) is 5.68. The highest BCUT2D eigenvalue weighted by molar-refractivity contribution is 5.71. The quantitative estimate of drug-likeness (QED) is 0.491. The summed E-state index contributed by atoms with van der Waals surface area (Å²) in [6, 6.07) is 9.83. The van der Waals surface area contributed by atoms with E-state index in [4.69, 9.17) is 0 Å². The van der Waals surface area contributed by atoms with Crippen LogP contribution in [0.5, 0.6) is 0 Å². The molecule has 1 heteroatoms. The third-order valence-corrected chi connectivity index (χ3v) is 1.63. The average Bonchev–Trinajstić information content (AvgIpc) is 2.19. The minimum absolute atomic E-state index is 0.745. The molecule has 0 aromatic heterocycles. The lowest BCUT2D eigenvalue weighted by Crippen LogP contribution is -1.75. The molecule has 1 rings (SSSR count). The molecule has 1 aromatic carbocycles. The Morgan fingerprint density at radius 2 is 1.85 bits per heavy atom. The number of rotatable bonds is 3. The van der Waals surface area contributed by atoms with E-state index in [0.29, 0.717) is 0 Å². The molecular formula is C12H11O. The maximum atomic E-state index is 9.99. The summed E-state index contributed by atoms with van der Waals surface area (Å²) >= 11 is 0. The van der Waals surface area contributed by atoms with Gasteiger partial charge in [-0.25, -0.2) is 0 Å². The lowest BCUT2D eigenvalue weighted by atomic mass is 10.1. The van der Waals surface area contributed by atoms with E-state index < -0.39 is 0 Å². The number of hydrogen-bond acceptors (Lipinski definition) is 0. The van der Waals surface area contributed by atoms with Crippen LogP contribution < -0.4 is 0 Å². The molecule has 0 saturated heterocycles. The SMILES string of the molecule is C=C(/C=C/C=C/[O])c1ccccc1. The first-order valence-electron chi connectivity index (χ1n) is 4.04. The molecule has 0 heterocycles. The first-order chi connectivity index (χ1) is 6.34. The third-order valence-electron chi connectivity index (χ3n) is 1.63. The number of benzene rings is 1. The maximum Gasteiger partial charge on any atom is 0.142 e. The van der Waals surface area contributed by atoms with Crippen LogP contribution in [0.4, 0.5) is 0 Å². The summed E-state index contributed by atoms with van der Waals surface area (Å²) in [7, 11) is 0. The molecule has 13 heavy (non-hydrogen) atoms. The second-order valence-corrected chi connectivity index (χ2v) is 2.58. The molecule has 0 unspecified atom stereocenters. The van der Waals surface area contributed by atoms with Crippen molar-refractivity contribution in [3.8, 4) is 0 Å². The van der Waals surface area contributed by atoms with E-state index in [1.54, 1.807) is 6.08 Å². The van der Waals surface area contributed by atoms with Gasteiger partial charge in [-0.05, 0) is 17.2 Å². The van der Waals surface area contributed by atoms with Gasteiger partial charge in [-0.2, -0.15) is 0 Å². The molecule has 0 bridgehead atoms. The molecular weight excluding hydrogens is 160 g/mol. The predicted octanol–water partition coefficient (Wildman–Crippen LogP) is 3.20. The molecule has 0 N–H and O–H groups in total. The van der Waals surface area contributed by atoms with Crippen molar-refractivity contribution in [2.24, 2.45) is 0 Å². The van der Waals surface area contributed by atoms with Crippen LogP contribution in [0.1, 0.15) is 5.56 Å². The van der Waals surface area contributed by atoms with Crippen LogP contribution >= 0.6 is 0 Å². The first kappa shape index (κ1) is 9.33. The highest BCUT2D eigenvalue weighted by Gasteiger charge is 1.90. The van der Waals surface area contributed by atoms with Crippen molar-refractivity contribution >= 4 is 5.57 Å². The predicted molar refractivity (Wildman–Crippen MR) is 54.4 cm³/mol. The Hall–Kier alpha value is -1.76. The van der Waals surface area contributed by atoms with Crippen molar-refractivity contribution in [3.05, 3.63) is 67.0 Å². The van der Waals surface area contributed by atoms with Gasteiger partial charge < -0.3 is 0 Å². The summed E-state index contributed by atoms with van der Waals surface area (Å²) in [5, 5.41) is 9.99. The van der Waals surface area contributed by atoms with E-state index in [2.05, 4.69) is 6.58 Å². The van der Waals surface area contributed by atoms with Gasteiger partial charge in [0.05, 0.1) is 0 Å². The monoisotopic (exact) mass is 171 g/mol. The highest BCUT2D eigenvalue weighted by Crippen LogP contribution is 2.12. The van der Waals surface area contributed by atoms with Crippen LogP contribution in [0, 0.1) is 0 Å². The molecule has 0 spiro atoms. The Labute approximate surface area is 78.3 Å². The molecule has 65 valence electrons. The molecule has 0 atom stereocenters. The van der Waals surface area contributed by atoms with Crippen LogP contribution in [-0.4, -0.2) is 0 Å². The van der Waals surface area contributed by atoms with Crippen LogP contribution in [0.2, 0.25) is 0 Å². The normalized spacial score (nSPS) is 11.1. The standard InChI is InChI=1S/C12H11O/c1-11(7-5-6-10-13)12-8-3-2-4-9-12/h2-10H,1H2/b7-5+,10-6+. The molecule has 1 radical (unpaired) electrons. The zero-order chi connectivity index (χ0) is 9.52. The fourth-order valence-corrected chi connectivity index (χ4v) is 0.966. The first-order valence-corrected chi connectivity index (χ1v) is 4.04. The molecule has 0 aliphatic rings.